The van der Waals surface area contributed by atoms with Crippen LogP contribution in [0.2, 0.25) is 0 Å². The Morgan fingerprint density at radius 3 is 2.94 bits per heavy atom. The molecule has 2 rings (SSSR count). The molecule has 0 spiro atoms. The third-order valence-corrected chi connectivity index (χ3v) is 3.64. The third-order valence-electron chi connectivity index (χ3n) is 3.13. The molecule has 0 radical (unpaired) electrons. The highest BCUT2D eigenvalue weighted by atomic mass is 32.1. The van der Waals surface area contributed by atoms with Crippen LogP contribution in [-0.4, -0.2) is 25.1 Å². The molecule has 0 amide bonds. The van der Waals surface area contributed by atoms with Gasteiger partial charge in [-0.1, -0.05) is 13.3 Å². The Balaban J connectivity index is 2.34. The molecule has 1 unspecified atom stereocenters. The van der Waals surface area contributed by atoms with Gasteiger partial charge in [-0.05, 0) is 18.1 Å². The van der Waals surface area contributed by atoms with Crippen molar-refractivity contribution in [2.45, 2.75) is 26.3 Å². The van der Waals surface area contributed by atoms with Crippen LogP contribution in [0.4, 0.5) is 0 Å². The number of hydrogen-bond donors (Lipinski definition) is 1. The Hall–Kier alpha value is -1.30. The molecule has 5 nitrogen and oxygen atoms in total. The summed E-state index contributed by atoms with van der Waals surface area (Å²) >= 11 is 4.34. The van der Waals surface area contributed by atoms with Gasteiger partial charge in [-0.2, -0.15) is 17.7 Å². The van der Waals surface area contributed by atoms with E-state index >= 15 is 0 Å². The summed E-state index contributed by atoms with van der Waals surface area (Å²) in [6.07, 6.45) is 5.36. The third kappa shape index (κ3) is 2.43. The van der Waals surface area contributed by atoms with Crippen molar-refractivity contribution >= 4 is 23.7 Å². The number of rotatable bonds is 5. The molecule has 2 aromatic rings. The van der Waals surface area contributed by atoms with Crippen molar-refractivity contribution in [3.8, 4) is 0 Å². The molecule has 0 aliphatic heterocycles. The van der Waals surface area contributed by atoms with Gasteiger partial charge in [0.2, 0.25) is 0 Å². The number of nitrogens with zero attached hydrogens (tertiary/aromatic N) is 4. The van der Waals surface area contributed by atoms with Gasteiger partial charge < -0.3 is 0 Å². The van der Waals surface area contributed by atoms with E-state index in [1.807, 2.05) is 0 Å². The van der Waals surface area contributed by atoms with Crippen molar-refractivity contribution < 1.29 is 0 Å². The Kier molecular flexibility index (Phi) is 4.06. The lowest BCUT2D eigenvalue weighted by molar-refractivity contribution is 0.444. The molecule has 0 fully saturated rings. The molecule has 2 heterocycles. The van der Waals surface area contributed by atoms with E-state index in [2.05, 4.69) is 29.6 Å². The van der Waals surface area contributed by atoms with Gasteiger partial charge in [0.25, 0.3) is 5.56 Å². The highest BCUT2D eigenvalue weighted by Gasteiger charge is 2.11. The maximum Gasteiger partial charge on any atom is 0.264 e. The van der Waals surface area contributed by atoms with Gasteiger partial charge in [0.15, 0.2) is 5.65 Å². The molecule has 0 saturated heterocycles. The number of thiol groups is 1. The highest BCUT2D eigenvalue weighted by Crippen LogP contribution is 2.11. The lowest BCUT2D eigenvalue weighted by atomic mass is 10.1. The van der Waals surface area contributed by atoms with Gasteiger partial charge in [-0.25, -0.2) is 4.98 Å². The molecule has 0 bridgehead atoms. The molecule has 1 atom stereocenters. The summed E-state index contributed by atoms with van der Waals surface area (Å²) in [4.78, 5) is 16.5. The summed E-state index contributed by atoms with van der Waals surface area (Å²) in [5, 5.41) is 4.64. The molecule has 0 N–H and O–H groups in total. The van der Waals surface area contributed by atoms with Crippen LogP contribution in [0.25, 0.3) is 11.0 Å². The SMILES string of the molecule is CCCC(CS)Cn1cnc2c(cnn2C)c1=O. The molecule has 2 aromatic heterocycles. The quantitative estimate of drug-likeness (QED) is 0.834. The number of hydrogen-bond acceptors (Lipinski definition) is 4. The molecule has 0 aliphatic carbocycles. The fourth-order valence-electron chi connectivity index (χ4n) is 2.12. The monoisotopic (exact) mass is 266 g/mol. The van der Waals surface area contributed by atoms with Crippen LogP contribution in [-0.2, 0) is 13.6 Å². The van der Waals surface area contributed by atoms with Crippen molar-refractivity contribution in [1.82, 2.24) is 19.3 Å². The molecule has 0 aromatic carbocycles. The Labute approximate surface area is 111 Å². The summed E-state index contributed by atoms with van der Waals surface area (Å²) in [6.45, 7) is 2.82. The van der Waals surface area contributed by atoms with Gasteiger partial charge in [-0.3, -0.25) is 14.0 Å². The molecular weight excluding hydrogens is 248 g/mol. The fourth-order valence-corrected chi connectivity index (χ4v) is 2.42. The van der Waals surface area contributed by atoms with E-state index in [1.54, 1.807) is 28.8 Å². The standard InChI is InChI=1S/C12H18N4OS/c1-3-4-9(7-18)6-16-8-13-11-10(12(16)17)5-14-15(11)2/h5,8-9,18H,3-4,6-7H2,1-2H3. The lowest BCUT2D eigenvalue weighted by Crippen LogP contribution is -2.25. The summed E-state index contributed by atoms with van der Waals surface area (Å²) < 4.78 is 3.28. The average molecular weight is 266 g/mol. The van der Waals surface area contributed by atoms with E-state index in [4.69, 9.17) is 0 Å². The summed E-state index contributed by atoms with van der Waals surface area (Å²) in [7, 11) is 1.78. The topological polar surface area (TPSA) is 52.7 Å². The minimum absolute atomic E-state index is 0.0176. The molecule has 0 aliphatic rings. The first-order valence-corrected chi connectivity index (χ1v) is 6.78. The Morgan fingerprint density at radius 1 is 1.50 bits per heavy atom. The van der Waals surface area contributed by atoms with Gasteiger partial charge in [0, 0.05) is 13.6 Å². The van der Waals surface area contributed by atoms with Gasteiger partial charge >= 0.3 is 0 Å². The smallest absolute Gasteiger partial charge is 0.264 e. The van der Waals surface area contributed by atoms with Crippen LogP contribution < -0.4 is 5.56 Å². The van der Waals surface area contributed by atoms with E-state index in [1.165, 1.54) is 0 Å². The Bertz CT molecular complexity index is 589. The average Bonchev–Trinajstić information content (AvgIpc) is 2.74. The first kappa shape index (κ1) is 13.1. The van der Waals surface area contributed by atoms with E-state index in [-0.39, 0.29) is 5.56 Å². The largest absolute Gasteiger partial charge is 0.298 e. The van der Waals surface area contributed by atoms with Crippen molar-refractivity contribution in [2.75, 3.05) is 5.75 Å². The predicted molar refractivity (Wildman–Crippen MR) is 75.0 cm³/mol. The second-order valence-electron chi connectivity index (χ2n) is 4.54. The second kappa shape index (κ2) is 5.56. The summed E-state index contributed by atoms with van der Waals surface area (Å²) in [5.74, 6) is 1.19. The summed E-state index contributed by atoms with van der Waals surface area (Å²) in [5.41, 5.74) is 0.616. The minimum atomic E-state index is -0.0176. The van der Waals surface area contributed by atoms with Crippen LogP contribution in [0.3, 0.4) is 0 Å². The maximum atomic E-state index is 12.2. The van der Waals surface area contributed by atoms with Crippen LogP contribution in [0.1, 0.15) is 19.8 Å². The minimum Gasteiger partial charge on any atom is -0.298 e. The molecular formula is C12H18N4OS. The van der Waals surface area contributed by atoms with Crippen LogP contribution in [0.15, 0.2) is 17.3 Å². The van der Waals surface area contributed by atoms with Crippen LogP contribution >= 0.6 is 12.6 Å². The normalized spacial score (nSPS) is 13.1. The van der Waals surface area contributed by atoms with E-state index < -0.39 is 0 Å². The molecule has 0 saturated carbocycles. The number of fused-ring (bicyclic) bond motifs is 1. The first-order valence-electron chi connectivity index (χ1n) is 6.15. The van der Waals surface area contributed by atoms with Crippen molar-refractivity contribution in [2.24, 2.45) is 13.0 Å². The highest BCUT2D eigenvalue weighted by molar-refractivity contribution is 7.80. The second-order valence-corrected chi connectivity index (χ2v) is 4.91. The van der Waals surface area contributed by atoms with Gasteiger partial charge in [-0.15, -0.1) is 0 Å². The zero-order valence-corrected chi connectivity index (χ0v) is 11.6. The van der Waals surface area contributed by atoms with E-state index in [0.717, 1.165) is 18.6 Å². The van der Waals surface area contributed by atoms with Crippen LogP contribution in [0, 0.1) is 5.92 Å². The zero-order chi connectivity index (χ0) is 13.1. The van der Waals surface area contributed by atoms with Crippen molar-refractivity contribution in [1.29, 1.82) is 0 Å². The fraction of sp³-hybridized carbons (Fsp3) is 0.583. The Morgan fingerprint density at radius 2 is 2.28 bits per heavy atom. The van der Waals surface area contributed by atoms with Gasteiger partial charge in [0.05, 0.1) is 12.5 Å². The molecule has 18 heavy (non-hydrogen) atoms. The first-order chi connectivity index (χ1) is 8.67. The lowest BCUT2D eigenvalue weighted by Gasteiger charge is -2.14. The zero-order valence-electron chi connectivity index (χ0n) is 10.7. The molecule has 98 valence electrons. The predicted octanol–water partition coefficient (Wildman–Crippen LogP) is 1.48. The van der Waals surface area contributed by atoms with Crippen molar-refractivity contribution in [3.63, 3.8) is 0 Å². The number of aryl methyl sites for hydroxylation is 1. The van der Waals surface area contributed by atoms with Gasteiger partial charge in [0.1, 0.15) is 5.39 Å². The van der Waals surface area contributed by atoms with Crippen molar-refractivity contribution in [3.05, 3.63) is 22.9 Å². The van der Waals surface area contributed by atoms with E-state index in [9.17, 15) is 4.79 Å². The van der Waals surface area contributed by atoms with Crippen LogP contribution in [0.5, 0.6) is 0 Å². The maximum absolute atomic E-state index is 12.2. The summed E-state index contributed by atoms with van der Waals surface area (Å²) in [6, 6.07) is 0. The molecule has 6 heteroatoms. The number of aromatic nitrogens is 4. The van der Waals surface area contributed by atoms with E-state index in [0.29, 0.717) is 23.5 Å².